The van der Waals surface area contributed by atoms with Crippen molar-refractivity contribution in [3.05, 3.63) is 41.1 Å². The van der Waals surface area contributed by atoms with Gasteiger partial charge in [0.05, 0.1) is 24.9 Å². The van der Waals surface area contributed by atoms with Gasteiger partial charge in [0.1, 0.15) is 0 Å². The number of methoxy groups -OCH3 is 1. The third kappa shape index (κ3) is 2.76. The highest BCUT2D eigenvalue weighted by atomic mass is 16.5. The van der Waals surface area contributed by atoms with Crippen LogP contribution in [0.25, 0.3) is 0 Å². The molecule has 0 radical (unpaired) electrons. The Labute approximate surface area is 136 Å². The van der Waals surface area contributed by atoms with E-state index < -0.39 is 0 Å². The molecule has 1 aliphatic rings. The molecule has 2 aromatic rings. The van der Waals surface area contributed by atoms with Crippen LogP contribution in [0.5, 0.6) is 5.88 Å². The van der Waals surface area contributed by atoms with Gasteiger partial charge in [-0.3, -0.25) is 4.90 Å². The van der Waals surface area contributed by atoms with Crippen molar-refractivity contribution in [3.63, 3.8) is 0 Å². The maximum absolute atomic E-state index is 12.5. The summed E-state index contributed by atoms with van der Waals surface area (Å²) in [7, 11) is 3.47. The van der Waals surface area contributed by atoms with Crippen LogP contribution < -0.4 is 15.0 Å². The summed E-state index contributed by atoms with van der Waals surface area (Å²) in [5, 5.41) is 7.44. The number of rotatable bonds is 4. The van der Waals surface area contributed by atoms with Crippen LogP contribution in [0.4, 0.5) is 10.5 Å². The van der Waals surface area contributed by atoms with Crippen LogP contribution in [0.1, 0.15) is 23.7 Å². The number of urea groups is 1. The minimum absolute atomic E-state index is 0.0806. The summed E-state index contributed by atoms with van der Waals surface area (Å²) in [5.41, 5.74) is 4.11. The summed E-state index contributed by atoms with van der Waals surface area (Å²) in [6.07, 6.45) is 1.70. The molecule has 1 aromatic heterocycles. The van der Waals surface area contributed by atoms with Gasteiger partial charge in [0.15, 0.2) is 0 Å². The van der Waals surface area contributed by atoms with Gasteiger partial charge < -0.3 is 10.1 Å². The first-order chi connectivity index (χ1) is 11.2. The van der Waals surface area contributed by atoms with Crippen molar-refractivity contribution >= 4 is 11.7 Å². The number of aryl methyl sites for hydroxylation is 2. The molecule has 0 bridgehead atoms. The SMILES string of the molecule is CCc1nn(C)c(OC)c1CNC(=O)N1CCc2ccccc21. The topological polar surface area (TPSA) is 59.4 Å². The normalized spacial score (nSPS) is 13.1. The minimum atomic E-state index is -0.0806. The van der Waals surface area contributed by atoms with Gasteiger partial charge in [-0.2, -0.15) is 5.10 Å². The van der Waals surface area contributed by atoms with E-state index in [9.17, 15) is 4.79 Å². The zero-order valence-electron chi connectivity index (χ0n) is 13.8. The van der Waals surface area contributed by atoms with Gasteiger partial charge in [0.25, 0.3) is 0 Å². The molecule has 2 amide bonds. The molecular weight excluding hydrogens is 292 g/mol. The zero-order valence-corrected chi connectivity index (χ0v) is 13.8. The molecular formula is C17H22N4O2. The highest BCUT2D eigenvalue weighted by Crippen LogP contribution is 2.27. The Kier molecular flexibility index (Phi) is 4.23. The van der Waals surface area contributed by atoms with Crippen molar-refractivity contribution in [1.29, 1.82) is 0 Å². The fourth-order valence-electron chi connectivity index (χ4n) is 3.13. The lowest BCUT2D eigenvalue weighted by molar-refractivity contribution is 0.246. The Morgan fingerprint density at radius 1 is 1.39 bits per heavy atom. The Bertz CT molecular complexity index is 723. The van der Waals surface area contributed by atoms with Gasteiger partial charge >= 0.3 is 6.03 Å². The van der Waals surface area contributed by atoms with E-state index in [1.165, 1.54) is 5.56 Å². The average Bonchev–Trinajstić information content (AvgIpc) is 3.13. The molecule has 122 valence electrons. The third-order valence-electron chi connectivity index (χ3n) is 4.25. The van der Waals surface area contributed by atoms with Crippen LogP contribution in [0.15, 0.2) is 24.3 Å². The minimum Gasteiger partial charge on any atom is -0.481 e. The molecule has 6 heteroatoms. The first kappa shape index (κ1) is 15.4. The van der Waals surface area contributed by atoms with Crippen molar-refractivity contribution in [2.75, 3.05) is 18.6 Å². The predicted molar refractivity (Wildman–Crippen MR) is 88.9 cm³/mol. The van der Waals surface area contributed by atoms with Crippen LogP contribution >= 0.6 is 0 Å². The maximum Gasteiger partial charge on any atom is 0.322 e. The number of benzene rings is 1. The number of carbonyl (C=O) groups is 1. The van der Waals surface area contributed by atoms with E-state index >= 15 is 0 Å². The fraction of sp³-hybridized carbons (Fsp3) is 0.412. The van der Waals surface area contributed by atoms with E-state index in [1.54, 1.807) is 16.7 Å². The van der Waals surface area contributed by atoms with E-state index in [1.807, 2.05) is 32.2 Å². The van der Waals surface area contributed by atoms with Crippen molar-refractivity contribution in [3.8, 4) is 5.88 Å². The molecule has 0 aliphatic carbocycles. The summed E-state index contributed by atoms with van der Waals surface area (Å²) in [6, 6.07) is 7.95. The fourth-order valence-corrected chi connectivity index (χ4v) is 3.13. The Morgan fingerprint density at radius 3 is 2.91 bits per heavy atom. The molecule has 1 N–H and O–H groups in total. The van der Waals surface area contributed by atoms with E-state index in [0.29, 0.717) is 12.4 Å². The number of para-hydroxylation sites is 1. The number of hydrogen-bond donors (Lipinski definition) is 1. The van der Waals surface area contributed by atoms with Gasteiger partial charge in [-0.15, -0.1) is 0 Å². The van der Waals surface area contributed by atoms with Crippen molar-refractivity contribution in [2.45, 2.75) is 26.3 Å². The number of nitrogens with one attached hydrogen (secondary N) is 1. The maximum atomic E-state index is 12.5. The Morgan fingerprint density at radius 2 is 2.17 bits per heavy atom. The summed E-state index contributed by atoms with van der Waals surface area (Å²) in [4.78, 5) is 14.3. The second kappa shape index (κ2) is 6.32. The third-order valence-corrected chi connectivity index (χ3v) is 4.25. The van der Waals surface area contributed by atoms with Gasteiger partial charge in [-0.05, 0) is 24.5 Å². The molecule has 3 rings (SSSR count). The molecule has 2 heterocycles. The number of hydrogen-bond acceptors (Lipinski definition) is 3. The number of carbonyl (C=O) groups excluding carboxylic acids is 1. The lowest BCUT2D eigenvalue weighted by Crippen LogP contribution is -2.38. The molecule has 1 aromatic carbocycles. The second-order valence-corrected chi connectivity index (χ2v) is 5.60. The number of amides is 2. The van der Waals surface area contributed by atoms with Gasteiger partial charge in [-0.25, -0.2) is 9.48 Å². The molecule has 0 fully saturated rings. The van der Waals surface area contributed by atoms with E-state index in [4.69, 9.17) is 4.74 Å². The summed E-state index contributed by atoms with van der Waals surface area (Å²) < 4.78 is 7.12. The summed E-state index contributed by atoms with van der Waals surface area (Å²) in [6.45, 7) is 3.18. The number of aromatic nitrogens is 2. The van der Waals surface area contributed by atoms with E-state index in [0.717, 1.165) is 36.3 Å². The van der Waals surface area contributed by atoms with E-state index in [2.05, 4.69) is 16.5 Å². The largest absolute Gasteiger partial charge is 0.481 e. The highest BCUT2D eigenvalue weighted by molar-refractivity contribution is 5.94. The Balaban J connectivity index is 1.73. The van der Waals surface area contributed by atoms with Crippen molar-refractivity contribution in [2.24, 2.45) is 7.05 Å². The monoisotopic (exact) mass is 314 g/mol. The first-order valence-corrected chi connectivity index (χ1v) is 7.87. The van der Waals surface area contributed by atoms with Crippen LogP contribution in [0, 0.1) is 0 Å². The van der Waals surface area contributed by atoms with Crippen LogP contribution in [-0.4, -0.2) is 29.5 Å². The summed E-state index contributed by atoms with van der Waals surface area (Å²) >= 11 is 0. The number of fused-ring (bicyclic) bond motifs is 1. The molecule has 0 saturated heterocycles. The summed E-state index contributed by atoms with van der Waals surface area (Å²) in [5.74, 6) is 0.698. The quantitative estimate of drug-likeness (QED) is 0.942. The molecule has 23 heavy (non-hydrogen) atoms. The lowest BCUT2D eigenvalue weighted by atomic mass is 10.2. The average molecular weight is 314 g/mol. The zero-order chi connectivity index (χ0) is 16.4. The Hall–Kier alpha value is -2.50. The first-order valence-electron chi connectivity index (χ1n) is 7.87. The predicted octanol–water partition coefficient (Wildman–Crippen LogP) is 2.26. The van der Waals surface area contributed by atoms with Gasteiger partial charge in [0.2, 0.25) is 5.88 Å². The molecule has 0 spiro atoms. The number of ether oxygens (including phenoxy) is 1. The lowest BCUT2D eigenvalue weighted by Gasteiger charge is -2.18. The van der Waals surface area contributed by atoms with E-state index in [-0.39, 0.29) is 6.03 Å². The molecule has 0 unspecified atom stereocenters. The van der Waals surface area contributed by atoms with Crippen molar-refractivity contribution < 1.29 is 9.53 Å². The van der Waals surface area contributed by atoms with Crippen LogP contribution in [-0.2, 0) is 26.4 Å². The molecule has 0 atom stereocenters. The molecule has 6 nitrogen and oxygen atoms in total. The second-order valence-electron chi connectivity index (χ2n) is 5.60. The van der Waals surface area contributed by atoms with Crippen LogP contribution in [0.3, 0.4) is 0 Å². The standard InChI is InChI=1S/C17H22N4O2/c1-4-14-13(16(23-3)20(2)19-14)11-18-17(22)21-10-9-12-7-5-6-8-15(12)21/h5-8H,4,9-11H2,1-3H3,(H,18,22). The highest BCUT2D eigenvalue weighted by Gasteiger charge is 2.25. The van der Waals surface area contributed by atoms with Crippen molar-refractivity contribution in [1.82, 2.24) is 15.1 Å². The number of nitrogens with zero attached hydrogens (tertiary/aromatic N) is 3. The molecule has 0 saturated carbocycles. The molecule has 1 aliphatic heterocycles. The number of anilines is 1. The van der Waals surface area contributed by atoms with Gasteiger partial charge in [-0.1, -0.05) is 25.1 Å². The van der Waals surface area contributed by atoms with Gasteiger partial charge in [0, 0.05) is 19.3 Å². The van der Waals surface area contributed by atoms with Crippen LogP contribution in [0.2, 0.25) is 0 Å². The smallest absolute Gasteiger partial charge is 0.322 e.